The summed E-state index contributed by atoms with van der Waals surface area (Å²) in [5.74, 6) is -1.12. The maximum Gasteiger partial charge on any atom is 0.262 e. The fourth-order valence-corrected chi connectivity index (χ4v) is 9.08. The number of imide groups is 2. The minimum absolute atomic E-state index is 0.0646. The molecule has 2 N–H and O–H groups in total. The van der Waals surface area contributed by atoms with Crippen LogP contribution in [0.3, 0.4) is 0 Å². The Bertz CT molecular complexity index is 1640. The van der Waals surface area contributed by atoms with E-state index in [9.17, 15) is 24.0 Å². The number of nitrogens with one attached hydrogen (secondary N) is 2. The highest BCUT2D eigenvalue weighted by atomic mass is 16.2. The summed E-state index contributed by atoms with van der Waals surface area (Å²) in [4.78, 5) is 76.1. The van der Waals surface area contributed by atoms with Crippen LogP contribution >= 0.6 is 0 Å². The molecular weight excluding hydrogens is 610 g/mol. The van der Waals surface area contributed by atoms with E-state index < -0.39 is 23.8 Å². The third kappa shape index (κ3) is 5.73. The van der Waals surface area contributed by atoms with Crippen LogP contribution in [0.25, 0.3) is 0 Å². The van der Waals surface area contributed by atoms with E-state index >= 15 is 0 Å². The Kier molecular flexibility index (Phi) is 8.04. The lowest BCUT2D eigenvalue weighted by Gasteiger charge is -2.57. The van der Waals surface area contributed by atoms with E-state index in [0.717, 1.165) is 74.9 Å². The van der Waals surface area contributed by atoms with Crippen molar-refractivity contribution in [1.82, 2.24) is 25.4 Å². The number of aromatic nitrogens is 1. The van der Waals surface area contributed by atoms with Crippen molar-refractivity contribution in [2.24, 2.45) is 10.8 Å². The number of pyridine rings is 1. The van der Waals surface area contributed by atoms with Crippen LogP contribution in [0, 0.1) is 10.8 Å². The fraction of sp³-hybridized carbons (Fsp3) is 0.556. The van der Waals surface area contributed by atoms with E-state index in [0.29, 0.717) is 22.7 Å². The molecule has 1 unspecified atom stereocenters. The molecule has 5 aliphatic rings. The van der Waals surface area contributed by atoms with Gasteiger partial charge in [0.1, 0.15) is 11.9 Å². The van der Waals surface area contributed by atoms with E-state index in [1.165, 1.54) is 0 Å². The highest BCUT2D eigenvalue weighted by Gasteiger charge is 2.53. The van der Waals surface area contributed by atoms with Gasteiger partial charge < -0.3 is 15.1 Å². The van der Waals surface area contributed by atoms with E-state index in [1.54, 1.807) is 18.3 Å². The summed E-state index contributed by atoms with van der Waals surface area (Å²) < 4.78 is 0. The standard InChI is InChI=1S/C36H45N7O5/c1-35(2)21-36(3,4)34(35)39-30(45)22-5-9-28(37-20-22)42-17-15-41(16-18-42)23-11-13-40(14-12-23)24-6-7-25-26(19-24)33(48)43(32(25)47)27-8-10-29(44)38-31(27)46/h5-7,9,19-20,23,27,34H,8,10-18,21H2,1-4H3,(H,39,45)(H,38,44,46). The molecule has 0 spiro atoms. The summed E-state index contributed by atoms with van der Waals surface area (Å²) in [7, 11) is 0. The van der Waals surface area contributed by atoms with Gasteiger partial charge in [0.05, 0.1) is 16.7 Å². The summed E-state index contributed by atoms with van der Waals surface area (Å²) in [6.07, 6.45) is 5.00. The second-order valence-electron chi connectivity index (χ2n) is 15.4. The molecule has 1 aromatic heterocycles. The largest absolute Gasteiger partial charge is 0.371 e. The average molecular weight is 656 g/mol. The van der Waals surface area contributed by atoms with Gasteiger partial charge in [0.15, 0.2) is 0 Å². The minimum Gasteiger partial charge on any atom is -0.371 e. The number of carbonyl (C=O) groups is 5. The molecule has 254 valence electrons. The minimum atomic E-state index is -0.964. The van der Waals surface area contributed by atoms with Crippen LogP contribution in [0.2, 0.25) is 0 Å². The van der Waals surface area contributed by atoms with Crippen LogP contribution in [-0.2, 0) is 9.59 Å². The summed E-state index contributed by atoms with van der Waals surface area (Å²) in [5.41, 5.74) is 2.29. The monoisotopic (exact) mass is 655 g/mol. The Hall–Kier alpha value is -4.32. The molecule has 4 fully saturated rings. The molecule has 4 aliphatic heterocycles. The van der Waals surface area contributed by atoms with E-state index in [1.807, 2.05) is 18.2 Å². The molecule has 5 amide bonds. The zero-order valence-corrected chi connectivity index (χ0v) is 28.3. The molecular formula is C36H45N7O5. The number of piperazine rings is 1. The second-order valence-corrected chi connectivity index (χ2v) is 15.4. The molecule has 2 aromatic rings. The smallest absolute Gasteiger partial charge is 0.262 e. The van der Waals surface area contributed by atoms with Crippen molar-refractivity contribution >= 4 is 41.0 Å². The number of hydrogen-bond acceptors (Lipinski definition) is 9. The van der Waals surface area contributed by atoms with Gasteiger partial charge in [0, 0.05) is 69.7 Å². The third-order valence-corrected chi connectivity index (χ3v) is 11.2. The third-order valence-electron chi connectivity index (χ3n) is 11.2. The Labute approximate surface area is 281 Å². The molecule has 7 rings (SSSR count). The molecule has 1 atom stereocenters. The molecule has 1 saturated carbocycles. The predicted octanol–water partition coefficient (Wildman–Crippen LogP) is 2.83. The van der Waals surface area contributed by atoms with Crippen molar-refractivity contribution < 1.29 is 24.0 Å². The van der Waals surface area contributed by atoms with Crippen molar-refractivity contribution in [2.75, 3.05) is 49.1 Å². The van der Waals surface area contributed by atoms with Crippen LogP contribution in [0.4, 0.5) is 11.5 Å². The normalized spacial score (nSPS) is 24.8. The number of nitrogens with zero attached hydrogens (tertiary/aromatic N) is 5. The van der Waals surface area contributed by atoms with Crippen LogP contribution in [0.15, 0.2) is 36.5 Å². The molecule has 5 heterocycles. The van der Waals surface area contributed by atoms with Gasteiger partial charge in [-0.05, 0) is 66.8 Å². The van der Waals surface area contributed by atoms with Crippen LogP contribution < -0.4 is 20.4 Å². The zero-order chi connectivity index (χ0) is 34.0. The summed E-state index contributed by atoms with van der Waals surface area (Å²) in [6, 6.07) is 8.82. The highest BCUT2D eigenvalue weighted by molar-refractivity contribution is 6.23. The maximum absolute atomic E-state index is 13.3. The molecule has 12 heteroatoms. The van der Waals surface area contributed by atoms with Crippen LogP contribution in [0.5, 0.6) is 0 Å². The Balaban J connectivity index is 0.902. The number of rotatable bonds is 6. The number of benzene rings is 1. The molecule has 1 aromatic carbocycles. The SMILES string of the molecule is CC1(C)CC(C)(C)C1NC(=O)c1ccc(N2CCN(C3CCN(c4ccc5c(c4)C(=O)N(C4CCC(=O)NC4=O)C5=O)CC3)CC2)nc1. The van der Waals surface area contributed by atoms with E-state index in [-0.39, 0.29) is 41.5 Å². The number of anilines is 2. The molecule has 12 nitrogen and oxygen atoms in total. The van der Waals surface area contributed by atoms with Crippen molar-refractivity contribution in [3.05, 3.63) is 53.2 Å². The lowest BCUT2D eigenvalue weighted by atomic mass is 9.52. The Morgan fingerprint density at radius 1 is 0.833 bits per heavy atom. The number of carbonyl (C=O) groups excluding carboxylic acids is 5. The first-order valence-electron chi connectivity index (χ1n) is 17.2. The lowest BCUT2D eigenvalue weighted by molar-refractivity contribution is -0.136. The number of fused-ring (bicyclic) bond motifs is 1. The molecule has 48 heavy (non-hydrogen) atoms. The molecule has 1 aliphatic carbocycles. The first-order valence-corrected chi connectivity index (χ1v) is 17.2. The second kappa shape index (κ2) is 12.0. The van der Waals surface area contributed by atoms with Gasteiger partial charge in [0.25, 0.3) is 17.7 Å². The van der Waals surface area contributed by atoms with Gasteiger partial charge >= 0.3 is 0 Å². The van der Waals surface area contributed by atoms with Gasteiger partial charge in [-0.2, -0.15) is 0 Å². The van der Waals surface area contributed by atoms with Gasteiger partial charge in [0.2, 0.25) is 11.8 Å². The van der Waals surface area contributed by atoms with Crippen molar-refractivity contribution in [2.45, 2.75) is 77.9 Å². The lowest BCUT2D eigenvalue weighted by Crippen LogP contribution is -2.63. The first-order chi connectivity index (χ1) is 22.8. The van der Waals surface area contributed by atoms with Crippen molar-refractivity contribution in [3.63, 3.8) is 0 Å². The van der Waals surface area contributed by atoms with E-state index in [2.05, 4.69) is 58.0 Å². The summed E-state index contributed by atoms with van der Waals surface area (Å²) >= 11 is 0. The van der Waals surface area contributed by atoms with Gasteiger partial charge in [-0.3, -0.25) is 39.1 Å². The zero-order valence-electron chi connectivity index (χ0n) is 28.3. The highest BCUT2D eigenvalue weighted by Crippen LogP contribution is 2.53. The Morgan fingerprint density at radius 3 is 2.15 bits per heavy atom. The molecule has 3 saturated heterocycles. The fourth-order valence-electron chi connectivity index (χ4n) is 9.08. The van der Waals surface area contributed by atoms with Crippen molar-refractivity contribution in [1.29, 1.82) is 0 Å². The Morgan fingerprint density at radius 2 is 1.52 bits per heavy atom. The summed E-state index contributed by atoms with van der Waals surface area (Å²) in [5, 5.41) is 5.49. The van der Waals surface area contributed by atoms with Crippen LogP contribution in [0.1, 0.15) is 90.9 Å². The van der Waals surface area contributed by atoms with E-state index in [4.69, 9.17) is 0 Å². The van der Waals surface area contributed by atoms with Gasteiger partial charge in [-0.25, -0.2) is 4.98 Å². The number of hydrogen-bond donors (Lipinski definition) is 2. The topological polar surface area (TPSA) is 135 Å². The van der Waals surface area contributed by atoms with Gasteiger partial charge in [-0.1, -0.05) is 27.7 Å². The van der Waals surface area contributed by atoms with Crippen molar-refractivity contribution in [3.8, 4) is 0 Å². The number of piperidine rings is 2. The molecule has 0 radical (unpaired) electrons. The summed E-state index contributed by atoms with van der Waals surface area (Å²) in [6.45, 7) is 14.1. The van der Waals surface area contributed by atoms with Crippen LogP contribution in [-0.4, -0.2) is 102 Å². The first kappa shape index (κ1) is 32.2. The van der Waals surface area contributed by atoms with Gasteiger partial charge in [-0.15, -0.1) is 0 Å². The predicted molar refractivity (Wildman–Crippen MR) is 180 cm³/mol. The number of amides is 5. The quantitative estimate of drug-likeness (QED) is 0.451. The average Bonchev–Trinajstić information content (AvgIpc) is 3.31. The molecule has 0 bridgehead atoms. The maximum atomic E-state index is 13.3.